The maximum Gasteiger partial charge on any atom is 0.416 e. The molecule has 0 spiro atoms. The number of carboxylic acids is 1. The second-order valence-corrected chi connectivity index (χ2v) is 9.95. The third-order valence-corrected chi connectivity index (χ3v) is 6.78. The molecule has 38 heavy (non-hydrogen) atoms. The Kier molecular flexibility index (Phi) is 10.1. The first kappa shape index (κ1) is 29.0. The monoisotopic (exact) mass is 606 g/mol. The second-order valence-electron chi connectivity index (χ2n) is 8.00. The maximum atomic E-state index is 13.1. The van der Waals surface area contributed by atoms with Crippen molar-refractivity contribution >= 4 is 51.6 Å². The molecule has 2 amide bonds. The van der Waals surface area contributed by atoms with Gasteiger partial charge in [-0.3, -0.25) is 9.59 Å². The zero-order chi connectivity index (χ0) is 27.7. The largest absolute Gasteiger partial charge is 0.480 e. The maximum absolute atomic E-state index is 13.1. The van der Waals surface area contributed by atoms with Crippen molar-refractivity contribution in [1.82, 2.24) is 10.6 Å². The highest BCUT2D eigenvalue weighted by atomic mass is 79.9. The molecule has 3 rings (SSSR count). The van der Waals surface area contributed by atoms with E-state index in [-0.39, 0.29) is 17.0 Å². The van der Waals surface area contributed by atoms with Crippen LogP contribution in [0.25, 0.3) is 6.08 Å². The topological polar surface area (TPSA) is 95.5 Å². The van der Waals surface area contributed by atoms with Crippen LogP contribution in [0.5, 0.6) is 0 Å². The highest BCUT2D eigenvalue weighted by molar-refractivity contribution is 9.10. The van der Waals surface area contributed by atoms with Gasteiger partial charge in [-0.15, -0.1) is 0 Å². The van der Waals surface area contributed by atoms with E-state index in [4.69, 9.17) is 0 Å². The van der Waals surface area contributed by atoms with Crippen LogP contribution in [-0.2, 0) is 21.5 Å². The number of hydrogen-bond acceptors (Lipinski definition) is 4. The van der Waals surface area contributed by atoms with Gasteiger partial charge in [0.2, 0.25) is 0 Å². The summed E-state index contributed by atoms with van der Waals surface area (Å²) in [6.45, 7) is 0. The van der Waals surface area contributed by atoms with Crippen LogP contribution < -0.4 is 10.6 Å². The van der Waals surface area contributed by atoms with E-state index in [0.717, 1.165) is 34.3 Å². The smallest absolute Gasteiger partial charge is 0.416 e. The van der Waals surface area contributed by atoms with Gasteiger partial charge >= 0.3 is 12.1 Å². The minimum atomic E-state index is -4.56. The Labute approximate surface area is 229 Å². The van der Waals surface area contributed by atoms with Gasteiger partial charge in [0.25, 0.3) is 11.8 Å². The van der Waals surface area contributed by atoms with E-state index >= 15 is 0 Å². The fourth-order valence-corrected chi connectivity index (χ4v) is 4.44. The lowest BCUT2D eigenvalue weighted by Crippen LogP contribution is -2.45. The molecule has 0 bridgehead atoms. The average molecular weight is 607 g/mol. The van der Waals surface area contributed by atoms with Gasteiger partial charge in [0.15, 0.2) is 0 Å². The van der Waals surface area contributed by atoms with E-state index in [1.807, 2.05) is 30.3 Å². The predicted octanol–water partition coefficient (Wildman–Crippen LogP) is 5.74. The molecule has 0 unspecified atom stereocenters. The van der Waals surface area contributed by atoms with E-state index in [1.165, 1.54) is 17.8 Å². The first-order valence-corrected chi connectivity index (χ1v) is 13.1. The number of alkyl halides is 3. The number of thioether (sulfide) groups is 1. The van der Waals surface area contributed by atoms with E-state index in [2.05, 4.69) is 26.6 Å². The zero-order valence-electron chi connectivity index (χ0n) is 19.7. The number of amides is 2. The van der Waals surface area contributed by atoms with Crippen molar-refractivity contribution in [2.75, 3.05) is 5.75 Å². The molecule has 0 heterocycles. The van der Waals surface area contributed by atoms with E-state index in [9.17, 15) is 32.7 Å². The predicted molar refractivity (Wildman–Crippen MR) is 143 cm³/mol. The number of carbonyl (C=O) groups excluding carboxylic acids is 2. The number of hydrogen-bond donors (Lipinski definition) is 3. The number of carbonyl (C=O) groups is 3. The SMILES string of the molecule is O=C(N[C@@H](CSCc1ccccc1)C(=O)O)/C(=C\c1ccc(Br)cc1)NC(=O)c1ccc(C(F)(F)F)cc1. The van der Waals surface area contributed by atoms with Gasteiger partial charge in [-0.2, -0.15) is 24.9 Å². The quantitative estimate of drug-likeness (QED) is 0.256. The minimum Gasteiger partial charge on any atom is -0.480 e. The molecule has 0 fully saturated rings. The van der Waals surface area contributed by atoms with Gasteiger partial charge in [0.1, 0.15) is 11.7 Å². The molecule has 0 aliphatic rings. The molecule has 3 N–H and O–H groups in total. The summed E-state index contributed by atoms with van der Waals surface area (Å²) in [5.74, 6) is -2.35. The van der Waals surface area contributed by atoms with Crippen LogP contribution >= 0.6 is 27.7 Å². The molecule has 0 saturated carbocycles. The summed E-state index contributed by atoms with van der Waals surface area (Å²) >= 11 is 4.62. The molecule has 0 radical (unpaired) electrons. The molecular weight excluding hydrogens is 585 g/mol. The Morgan fingerprint density at radius 2 is 1.58 bits per heavy atom. The first-order chi connectivity index (χ1) is 18.0. The molecular formula is C27H22BrF3N2O4S. The van der Waals surface area contributed by atoms with Crippen LogP contribution in [0, 0.1) is 0 Å². The van der Waals surface area contributed by atoms with E-state index in [1.54, 1.807) is 24.3 Å². The lowest BCUT2D eigenvalue weighted by molar-refractivity contribution is -0.140. The molecule has 3 aromatic rings. The van der Waals surface area contributed by atoms with Crippen molar-refractivity contribution < 1.29 is 32.7 Å². The molecule has 11 heteroatoms. The van der Waals surface area contributed by atoms with Crippen LogP contribution in [0.1, 0.15) is 27.0 Å². The van der Waals surface area contributed by atoms with Gasteiger partial charge in [-0.25, -0.2) is 4.79 Å². The normalized spacial score (nSPS) is 12.5. The van der Waals surface area contributed by atoms with E-state index in [0.29, 0.717) is 11.3 Å². The zero-order valence-corrected chi connectivity index (χ0v) is 22.1. The fraction of sp³-hybridized carbons (Fsp3) is 0.148. The third-order valence-electron chi connectivity index (χ3n) is 5.15. The Morgan fingerprint density at radius 3 is 2.16 bits per heavy atom. The molecule has 3 aromatic carbocycles. The molecule has 0 saturated heterocycles. The Bertz CT molecular complexity index is 1300. The van der Waals surface area contributed by atoms with Crippen molar-refractivity contribution in [2.45, 2.75) is 18.0 Å². The number of halogens is 4. The van der Waals surface area contributed by atoms with Gasteiger partial charge in [-0.1, -0.05) is 58.4 Å². The molecule has 6 nitrogen and oxygen atoms in total. The molecule has 198 valence electrons. The Morgan fingerprint density at radius 1 is 0.947 bits per heavy atom. The Balaban J connectivity index is 1.77. The summed E-state index contributed by atoms with van der Waals surface area (Å²) in [5, 5.41) is 14.5. The van der Waals surface area contributed by atoms with Crippen molar-refractivity contribution in [2.24, 2.45) is 0 Å². The summed E-state index contributed by atoms with van der Waals surface area (Å²) in [4.78, 5) is 37.7. The lowest BCUT2D eigenvalue weighted by Gasteiger charge is -2.17. The number of nitrogens with one attached hydrogen (secondary N) is 2. The van der Waals surface area contributed by atoms with Gasteiger partial charge in [0.05, 0.1) is 5.56 Å². The summed E-state index contributed by atoms with van der Waals surface area (Å²) in [6, 6.07) is 18.4. The van der Waals surface area contributed by atoms with Crippen molar-refractivity contribution in [3.63, 3.8) is 0 Å². The number of benzene rings is 3. The minimum absolute atomic E-state index is 0.0639. The Hall–Kier alpha value is -3.57. The number of rotatable bonds is 10. The molecule has 0 aliphatic heterocycles. The summed E-state index contributed by atoms with van der Waals surface area (Å²) in [6.07, 6.45) is -3.22. The van der Waals surface area contributed by atoms with Crippen LogP contribution in [0.4, 0.5) is 13.2 Å². The van der Waals surface area contributed by atoms with Gasteiger partial charge in [-0.05, 0) is 53.6 Å². The van der Waals surface area contributed by atoms with E-state index < -0.39 is 35.6 Å². The molecule has 0 aliphatic carbocycles. The average Bonchev–Trinajstić information content (AvgIpc) is 2.89. The first-order valence-electron chi connectivity index (χ1n) is 11.1. The number of carboxylic acid groups (broad SMARTS) is 1. The fourth-order valence-electron chi connectivity index (χ4n) is 3.17. The third kappa shape index (κ3) is 8.77. The van der Waals surface area contributed by atoms with Crippen molar-refractivity contribution in [3.8, 4) is 0 Å². The van der Waals surface area contributed by atoms with Crippen LogP contribution in [0.15, 0.2) is 89.0 Å². The van der Waals surface area contributed by atoms with Crippen LogP contribution in [-0.4, -0.2) is 34.7 Å². The standard InChI is InChI=1S/C27H22BrF3N2O4S/c28-21-12-6-17(7-13-21)14-22(32-24(34)19-8-10-20(11-9-19)27(29,30)31)25(35)33-23(26(36)37)16-38-15-18-4-2-1-3-5-18/h1-14,23H,15-16H2,(H,32,34)(H,33,35)(H,36,37)/b22-14+/t23-/m0/s1. The highest BCUT2D eigenvalue weighted by Crippen LogP contribution is 2.29. The molecule has 1 atom stereocenters. The van der Waals surface area contributed by atoms with Gasteiger partial charge < -0.3 is 15.7 Å². The van der Waals surface area contributed by atoms with Crippen LogP contribution in [0.3, 0.4) is 0 Å². The second kappa shape index (κ2) is 13.3. The number of aliphatic carboxylic acids is 1. The molecule has 0 aromatic heterocycles. The van der Waals surface area contributed by atoms with Crippen molar-refractivity contribution in [3.05, 3.63) is 111 Å². The summed E-state index contributed by atoms with van der Waals surface area (Å²) in [5.41, 5.74) is 0.218. The summed E-state index contributed by atoms with van der Waals surface area (Å²) in [7, 11) is 0. The lowest BCUT2D eigenvalue weighted by atomic mass is 10.1. The van der Waals surface area contributed by atoms with Crippen LogP contribution in [0.2, 0.25) is 0 Å². The van der Waals surface area contributed by atoms with Crippen molar-refractivity contribution in [1.29, 1.82) is 0 Å². The highest BCUT2D eigenvalue weighted by Gasteiger charge is 2.30. The summed E-state index contributed by atoms with van der Waals surface area (Å²) < 4.78 is 39.4. The van der Waals surface area contributed by atoms with Gasteiger partial charge in [0, 0.05) is 21.5 Å².